The van der Waals surface area contributed by atoms with E-state index in [1.807, 2.05) is 6.92 Å². The minimum absolute atomic E-state index is 0.262. The molecule has 0 aromatic carbocycles. The predicted molar refractivity (Wildman–Crippen MR) is 45.5 cm³/mol. The molecule has 1 aliphatic carbocycles. The second kappa shape index (κ2) is 3.89. The van der Waals surface area contributed by atoms with Gasteiger partial charge in [-0.1, -0.05) is 6.92 Å². The van der Waals surface area contributed by atoms with Crippen molar-refractivity contribution in [3.05, 3.63) is 0 Å². The Morgan fingerprint density at radius 1 is 1.23 bits per heavy atom. The van der Waals surface area contributed by atoms with Crippen LogP contribution in [0.5, 0.6) is 0 Å². The third-order valence-corrected chi connectivity index (χ3v) is 2.94. The van der Waals surface area contributed by atoms with Gasteiger partial charge in [0, 0.05) is 12.0 Å². The van der Waals surface area contributed by atoms with Crippen molar-refractivity contribution in [2.75, 3.05) is 0 Å². The van der Waals surface area contributed by atoms with Crippen LogP contribution in [-0.4, -0.2) is 45.0 Å². The van der Waals surface area contributed by atoms with Gasteiger partial charge in [-0.25, -0.2) is 0 Å². The SMILES string of the molecule is CCC1C(N)C(C(O)O)C(O)[C@@H]1O. The number of rotatable bonds is 2. The summed E-state index contributed by atoms with van der Waals surface area (Å²) in [5.74, 6) is -1.11. The van der Waals surface area contributed by atoms with Crippen LogP contribution < -0.4 is 5.73 Å². The molecule has 13 heavy (non-hydrogen) atoms. The van der Waals surface area contributed by atoms with E-state index >= 15 is 0 Å². The third-order valence-electron chi connectivity index (χ3n) is 2.94. The minimum Gasteiger partial charge on any atom is -0.390 e. The van der Waals surface area contributed by atoms with Gasteiger partial charge in [-0.05, 0) is 6.42 Å². The quantitative estimate of drug-likeness (QED) is 0.325. The van der Waals surface area contributed by atoms with Gasteiger partial charge in [0.1, 0.15) is 0 Å². The minimum atomic E-state index is -1.67. The lowest BCUT2D eigenvalue weighted by atomic mass is 9.95. The van der Waals surface area contributed by atoms with Crippen LogP contribution in [-0.2, 0) is 0 Å². The van der Waals surface area contributed by atoms with Gasteiger partial charge in [-0.15, -0.1) is 0 Å². The highest BCUT2D eigenvalue weighted by Gasteiger charge is 2.49. The first-order valence-corrected chi connectivity index (χ1v) is 4.48. The third kappa shape index (κ3) is 1.70. The Kier molecular flexibility index (Phi) is 3.26. The molecule has 1 saturated carbocycles. The van der Waals surface area contributed by atoms with Crippen LogP contribution in [0.25, 0.3) is 0 Å². The molecular formula is C8H17NO4. The number of aliphatic hydroxyl groups is 4. The average Bonchev–Trinajstić information content (AvgIpc) is 2.24. The van der Waals surface area contributed by atoms with Crippen molar-refractivity contribution in [2.45, 2.75) is 37.9 Å². The lowest BCUT2D eigenvalue weighted by Gasteiger charge is -2.21. The molecule has 0 bridgehead atoms. The molecule has 0 heterocycles. The summed E-state index contributed by atoms with van der Waals surface area (Å²) in [5, 5.41) is 36.8. The van der Waals surface area contributed by atoms with E-state index in [-0.39, 0.29) is 5.92 Å². The zero-order valence-electron chi connectivity index (χ0n) is 7.54. The van der Waals surface area contributed by atoms with Gasteiger partial charge < -0.3 is 26.2 Å². The molecule has 5 heteroatoms. The van der Waals surface area contributed by atoms with Gasteiger partial charge in [0.2, 0.25) is 0 Å². The molecule has 5 nitrogen and oxygen atoms in total. The van der Waals surface area contributed by atoms with Crippen LogP contribution in [0.3, 0.4) is 0 Å². The Morgan fingerprint density at radius 2 is 1.77 bits per heavy atom. The normalized spacial score (nSPS) is 45.9. The highest BCUT2D eigenvalue weighted by Crippen LogP contribution is 2.34. The molecule has 0 aromatic rings. The maximum atomic E-state index is 9.49. The topological polar surface area (TPSA) is 107 Å². The largest absolute Gasteiger partial charge is 0.390 e. The number of hydrogen-bond acceptors (Lipinski definition) is 5. The molecule has 0 saturated heterocycles. The van der Waals surface area contributed by atoms with Gasteiger partial charge >= 0.3 is 0 Å². The van der Waals surface area contributed by atoms with Crippen molar-refractivity contribution in [3.63, 3.8) is 0 Å². The first-order valence-electron chi connectivity index (χ1n) is 4.48. The molecule has 6 N–H and O–H groups in total. The fourth-order valence-corrected chi connectivity index (χ4v) is 2.11. The Balaban J connectivity index is 2.78. The van der Waals surface area contributed by atoms with E-state index in [2.05, 4.69) is 0 Å². The lowest BCUT2D eigenvalue weighted by Crippen LogP contribution is -2.41. The average molecular weight is 191 g/mol. The summed E-state index contributed by atoms with van der Waals surface area (Å²) in [4.78, 5) is 0. The van der Waals surface area contributed by atoms with E-state index in [1.54, 1.807) is 0 Å². The van der Waals surface area contributed by atoms with Crippen molar-refractivity contribution >= 4 is 0 Å². The van der Waals surface area contributed by atoms with Crippen molar-refractivity contribution in [1.29, 1.82) is 0 Å². The number of nitrogens with two attached hydrogens (primary N) is 1. The van der Waals surface area contributed by atoms with E-state index in [9.17, 15) is 10.2 Å². The van der Waals surface area contributed by atoms with Crippen LogP contribution in [0.1, 0.15) is 13.3 Å². The predicted octanol–water partition coefficient (Wildman–Crippen LogP) is -2.00. The Bertz CT molecular complexity index is 176. The Hall–Kier alpha value is -0.200. The molecule has 0 spiro atoms. The van der Waals surface area contributed by atoms with E-state index in [0.29, 0.717) is 6.42 Å². The van der Waals surface area contributed by atoms with Gasteiger partial charge in [0.05, 0.1) is 18.1 Å². The maximum Gasteiger partial charge on any atom is 0.158 e. The van der Waals surface area contributed by atoms with Crippen LogP contribution in [0.15, 0.2) is 0 Å². The molecule has 0 amide bonds. The van der Waals surface area contributed by atoms with Gasteiger partial charge in [0.15, 0.2) is 6.29 Å². The standard InChI is InChI=1S/C8H17NO4/c1-2-3-5(9)4(8(12)13)7(11)6(3)10/h3-8,10-13H,2,9H2,1H3/t3?,4?,5?,6-,7?/m1/s1. The zero-order valence-corrected chi connectivity index (χ0v) is 7.54. The summed E-state index contributed by atoms with van der Waals surface area (Å²) in [5.41, 5.74) is 5.68. The van der Waals surface area contributed by atoms with E-state index in [4.69, 9.17) is 15.9 Å². The molecule has 0 aromatic heterocycles. The summed E-state index contributed by atoms with van der Waals surface area (Å²) in [6.45, 7) is 1.84. The fourth-order valence-electron chi connectivity index (χ4n) is 2.11. The molecule has 4 unspecified atom stereocenters. The van der Waals surface area contributed by atoms with Crippen molar-refractivity contribution in [1.82, 2.24) is 0 Å². The number of aliphatic hydroxyl groups excluding tert-OH is 3. The van der Waals surface area contributed by atoms with E-state index in [0.717, 1.165) is 0 Å². The van der Waals surface area contributed by atoms with Crippen LogP contribution in [0.2, 0.25) is 0 Å². The smallest absolute Gasteiger partial charge is 0.158 e. The highest BCUT2D eigenvalue weighted by molar-refractivity contribution is 5.00. The summed E-state index contributed by atoms with van der Waals surface area (Å²) in [7, 11) is 0. The summed E-state index contributed by atoms with van der Waals surface area (Å²) in [6, 6.07) is -0.560. The molecule has 5 atom stereocenters. The van der Waals surface area contributed by atoms with E-state index in [1.165, 1.54) is 0 Å². The van der Waals surface area contributed by atoms with Crippen molar-refractivity contribution < 1.29 is 20.4 Å². The number of hydrogen-bond donors (Lipinski definition) is 5. The monoisotopic (exact) mass is 191 g/mol. The second-order valence-electron chi connectivity index (χ2n) is 3.62. The van der Waals surface area contributed by atoms with Crippen molar-refractivity contribution in [3.8, 4) is 0 Å². The zero-order chi connectivity index (χ0) is 10.2. The highest BCUT2D eigenvalue weighted by atomic mass is 16.5. The Labute approximate surface area is 76.8 Å². The molecule has 1 aliphatic rings. The molecule has 0 radical (unpaired) electrons. The molecule has 78 valence electrons. The second-order valence-corrected chi connectivity index (χ2v) is 3.62. The van der Waals surface area contributed by atoms with Crippen molar-refractivity contribution in [2.24, 2.45) is 17.6 Å². The Morgan fingerprint density at radius 3 is 2.00 bits per heavy atom. The summed E-state index contributed by atoms with van der Waals surface area (Å²) >= 11 is 0. The first-order chi connectivity index (χ1) is 6.00. The van der Waals surface area contributed by atoms with Crippen LogP contribution in [0, 0.1) is 11.8 Å². The van der Waals surface area contributed by atoms with E-state index < -0.39 is 30.5 Å². The first kappa shape index (κ1) is 10.9. The fraction of sp³-hybridized carbons (Fsp3) is 1.00. The van der Waals surface area contributed by atoms with Gasteiger partial charge in [-0.3, -0.25) is 0 Å². The summed E-state index contributed by atoms with van der Waals surface area (Å²) in [6.07, 6.45) is -3.15. The molecule has 1 rings (SSSR count). The summed E-state index contributed by atoms with van der Waals surface area (Å²) < 4.78 is 0. The van der Waals surface area contributed by atoms with Crippen LogP contribution in [0.4, 0.5) is 0 Å². The van der Waals surface area contributed by atoms with Gasteiger partial charge in [0.25, 0.3) is 0 Å². The van der Waals surface area contributed by atoms with Crippen LogP contribution >= 0.6 is 0 Å². The van der Waals surface area contributed by atoms with Gasteiger partial charge in [-0.2, -0.15) is 0 Å². The molecule has 1 fully saturated rings. The maximum absolute atomic E-state index is 9.49. The molecule has 0 aliphatic heterocycles. The molecular weight excluding hydrogens is 174 g/mol. The lowest BCUT2D eigenvalue weighted by molar-refractivity contribution is -0.123.